The molecule has 11 heteroatoms. The zero-order chi connectivity index (χ0) is 24.5. The van der Waals surface area contributed by atoms with Gasteiger partial charge in [-0.1, -0.05) is 29.4 Å². The molecule has 3 heterocycles. The molecule has 2 unspecified atom stereocenters. The average molecular weight is 476 g/mol. The SMILES string of the molecule is CCOc1ccc(-c2noc(CN3N=NC4C(=O)N(c5ccc(CC)cc5)C(=O)C43)n2)cc1OC. The minimum absolute atomic E-state index is 0.0352. The van der Waals surface area contributed by atoms with Crippen LogP contribution in [0, 0.1) is 0 Å². The first-order valence-corrected chi connectivity index (χ1v) is 11.3. The van der Waals surface area contributed by atoms with Gasteiger partial charge in [-0.15, -0.1) is 0 Å². The first-order valence-electron chi connectivity index (χ1n) is 11.3. The fourth-order valence-electron chi connectivity index (χ4n) is 4.15. The zero-order valence-electron chi connectivity index (χ0n) is 19.5. The highest BCUT2D eigenvalue weighted by Gasteiger charge is 2.55. The van der Waals surface area contributed by atoms with Gasteiger partial charge >= 0.3 is 0 Å². The number of ether oxygens (including phenoxy) is 2. The molecule has 0 spiro atoms. The number of hydrogen-bond donors (Lipinski definition) is 0. The average Bonchev–Trinajstić information content (AvgIpc) is 3.58. The third-order valence-electron chi connectivity index (χ3n) is 5.95. The number of imide groups is 1. The first kappa shape index (κ1) is 22.5. The molecule has 0 aliphatic carbocycles. The van der Waals surface area contributed by atoms with Gasteiger partial charge in [0, 0.05) is 5.56 Å². The van der Waals surface area contributed by atoms with Crippen LogP contribution in [0.4, 0.5) is 5.69 Å². The Morgan fingerprint density at radius 2 is 1.83 bits per heavy atom. The van der Waals surface area contributed by atoms with Gasteiger partial charge in [0.25, 0.3) is 11.8 Å². The van der Waals surface area contributed by atoms with Crippen LogP contribution in [0.15, 0.2) is 57.3 Å². The molecular formula is C24H24N6O5. The van der Waals surface area contributed by atoms with Crippen LogP contribution in [-0.2, 0) is 22.6 Å². The van der Waals surface area contributed by atoms with Crippen molar-refractivity contribution in [3.05, 3.63) is 53.9 Å². The summed E-state index contributed by atoms with van der Waals surface area (Å²) in [5.74, 6) is 0.964. The Morgan fingerprint density at radius 3 is 2.54 bits per heavy atom. The van der Waals surface area contributed by atoms with Gasteiger partial charge in [0.05, 0.1) is 19.4 Å². The van der Waals surface area contributed by atoms with E-state index in [1.807, 2.05) is 26.0 Å². The van der Waals surface area contributed by atoms with Crippen molar-refractivity contribution < 1.29 is 23.6 Å². The molecule has 0 N–H and O–H groups in total. The lowest BCUT2D eigenvalue weighted by Crippen LogP contribution is -2.39. The highest BCUT2D eigenvalue weighted by Crippen LogP contribution is 2.34. The predicted molar refractivity (Wildman–Crippen MR) is 124 cm³/mol. The number of aromatic nitrogens is 2. The zero-order valence-corrected chi connectivity index (χ0v) is 19.5. The molecule has 3 aromatic rings. The summed E-state index contributed by atoms with van der Waals surface area (Å²) < 4.78 is 16.3. The summed E-state index contributed by atoms with van der Waals surface area (Å²) in [6.45, 7) is 4.48. The van der Waals surface area contributed by atoms with Crippen molar-refractivity contribution in [1.82, 2.24) is 15.1 Å². The van der Waals surface area contributed by atoms with E-state index in [-0.39, 0.29) is 18.3 Å². The quantitative estimate of drug-likeness (QED) is 0.454. The van der Waals surface area contributed by atoms with E-state index in [0.29, 0.717) is 35.2 Å². The maximum atomic E-state index is 13.2. The van der Waals surface area contributed by atoms with Gasteiger partial charge in [0.2, 0.25) is 11.7 Å². The summed E-state index contributed by atoms with van der Waals surface area (Å²) in [6.07, 6.45) is 0.866. The second kappa shape index (κ2) is 9.16. The van der Waals surface area contributed by atoms with Crippen molar-refractivity contribution in [2.24, 2.45) is 10.3 Å². The van der Waals surface area contributed by atoms with Crippen LogP contribution in [-0.4, -0.2) is 52.8 Å². The minimum Gasteiger partial charge on any atom is -0.493 e. The Hall–Kier alpha value is -4.28. The first-order chi connectivity index (χ1) is 17.0. The Labute approximate surface area is 201 Å². The highest BCUT2D eigenvalue weighted by molar-refractivity contribution is 6.25. The standard InChI is InChI=1S/C24H24N6O5/c1-4-14-6-9-16(10-7-14)30-23(31)20-21(24(30)32)29(28-26-20)13-19-25-22(27-35-19)15-8-11-17(34-5-2)18(12-15)33-3/h6-12,20-21H,4-5,13H2,1-3H3. The van der Waals surface area contributed by atoms with Gasteiger partial charge in [-0.25, -0.2) is 4.90 Å². The number of benzene rings is 2. The molecule has 2 aliphatic heterocycles. The summed E-state index contributed by atoms with van der Waals surface area (Å²) in [4.78, 5) is 31.7. The highest BCUT2D eigenvalue weighted by atomic mass is 16.5. The van der Waals surface area contributed by atoms with E-state index < -0.39 is 18.0 Å². The van der Waals surface area contributed by atoms with Crippen LogP contribution >= 0.6 is 0 Å². The van der Waals surface area contributed by atoms with Gasteiger partial charge in [-0.2, -0.15) is 10.1 Å². The van der Waals surface area contributed by atoms with E-state index >= 15 is 0 Å². The van der Waals surface area contributed by atoms with Crippen molar-refractivity contribution in [1.29, 1.82) is 0 Å². The molecule has 2 aromatic carbocycles. The van der Waals surface area contributed by atoms with Crippen LogP contribution in [0.3, 0.4) is 0 Å². The topological polar surface area (TPSA) is 123 Å². The Morgan fingerprint density at radius 1 is 1.03 bits per heavy atom. The van der Waals surface area contributed by atoms with E-state index in [4.69, 9.17) is 14.0 Å². The van der Waals surface area contributed by atoms with E-state index in [2.05, 4.69) is 20.5 Å². The summed E-state index contributed by atoms with van der Waals surface area (Å²) in [6, 6.07) is 10.9. The summed E-state index contributed by atoms with van der Waals surface area (Å²) in [5.41, 5.74) is 2.31. The molecule has 1 aromatic heterocycles. The van der Waals surface area contributed by atoms with Crippen molar-refractivity contribution in [2.75, 3.05) is 18.6 Å². The molecule has 5 rings (SSSR count). The number of amides is 2. The number of rotatable bonds is 8. The number of methoxy groups -OCH3 is 1. The molecule has 1 fully saturated rings. The molecule has 0 bridgehead atoms. The number of anilines is 1. The Kier molecular flexibility index (Phi) is 5.89. The smallest absolute Gasteiger partial charge is 0.263 e. The third kappa shape index (κ3) is 3.98. The summed E-state index contributed by atoms with van der Waals surface area (Å²) in [5, 5.41) is 13.5. The molecule has 35 heavy (non-hydrogen) atoms. The van der Waals surface area contributed by atoms with E-state index in [1.54, 1.807) is 37.4 Å². The minimum atomic E-state index is -0.897. The van der Waals surface area contributed by atoms with Gasteiger partial charge in [0.1, 0.15) is 6.54 Å². The molecule has 0 radical (unpaired) electrons. The van der Waals surface area contributed by atoms with Gasteiger partial charge in [-0.05, 0) is 49.2 Å². The lowest BCUT2D eigenvalue weighted by Gasteiger charge is -2.19. The van der Waals surface area contributed by atoms with E-state index in [1.165, 1.54) is 9.91 Å². The second-order valence-corrected chi connectivity index (χ2v) is 8.03. The van der Waals surface area contributed by atoms with E-state index in [0.717, 1.165) is 12.0 Å². The van der Waals surface area contributed by atoms with Gasteiger partial charge < -0.3 is 14.0 Å². The fourth-order valence-corrected chi connectivity index (χ4v) is 4.15. The van der Waals surface area contributed by atoms with Crippen molar-refractivity contribution >= 4 is 17.5 Å². The number of aryl methyl sites for hydroxylation is 1. The summed E-state index contributed by atoms with van der Waals surface area (Å²) in [7, 11) is 1.55. The van der Waals surface area contributed by atoms with Crippen LogP contribution in [0.25, 0.3) is 11.4 Å². The maximum Gasteiger partial charge on any atom is 0.263 e. The molecular weight excluding hydrogens is 452 g/mol. The lowest BCUT2D eigenvalue weighted by atomic mass is 10.1. The molecule has 180 valence electrons. The fraction of sp³-hybridized carbons (Fsp3) is 0.333. The van der Waals surface area contributed by atoms with E-state index in [9.17, 15) is 9.59 Å². The number of carbonyl (C=O) groups excluding carboxylic acids is 2. The van der Waals surface area contributed by atoms with Crippen molar-refractivity contribution in [2.45, 2.75) is 38.9 Å². The number of nitrogens with zero attached hydrogens (tertiary/aromatic N) is 6. The number of carbonyl (C=O) groups is 2. The van der Waals surface area contributed by atoms with Crippen molar-refractivity contribution in [3.63, 3.8) is 0 Å². The monoisotopic (exact) mass is 476 g/mol. The Balaban J connectivity index is 1.33. The second-order valence-electron chi connectivity index (χ2n) is 8.03. The largest absolute Gasteiger partial charge is 0.493 e. The predicted octanol–water partition coefficient (Wildman–Crippen LogP) is 3.20. The van der Waals surface area contributed by atoms with Crippen LogP contribution in [0.1, 0.15) is 25.3 Å². The molecule has 2 amide bonds. The van der Waals surface area contributed by atoms with Crippen LogP contribution in [0.5, 0.6) is 11.5 Å². The molecule has 0 saturated carbocycles. The molecule has 1 saturated heterocycles. The maximum absolute atomic E-state index is 13.2. The lowest BCUT2D eigenvalue weighted by molar-refractivity contribution is -0.123. The van der Waals surface area contributed by atoms with Crippen molar-refractivity contribution in [3.8, 4) is 22.9 Å². The molecule has 11 nitrogen and oxygen atoms in total. The summed E-state index contributed by atoms with van der Waals surface area (Å²) >= 11 is 0. The normalized spacial score (nSPS) is 18.9. The number of fused-ring (bicyclic) bond motifs is 1. The Bertz CT molecular complexity index is 1290. The van der Waals surface area contributed by atoms with Gasteiger partial charge in [-0.3, -0.25) is 14.6 Å². The van der Waals surface area contributed by atoms with Gasteiger partial charge in [0.15, 0.2) is 23.6 Å². The molecule has 2 aliphatic rings. The molecule has 2 atom stereocenters. The van der Waals surface area contributed by atoms with Crippen LogP contribution < -0.4 is 14.4 Å². The third-order valence-corrected chi connectivity index (χ3v) is 5.95. The van der Waals surface area contributed by atoms with Crippen LogP contribution in [0.2, 0.25) is 0 Å². The number of hydrogen-bond acceptors (Lipinski definition) is 10.